The predicted octanol–water partition coefficient (Wildman–Crippen LogP) is 2.22. The molecule has 2 N–H and O–H groups in total. The van der Waals surface area contributed by atoms with Crippen molar-refractivity contribution in [3.05, 3.63) is 46.8 Å². The lowest BCUT2D eigenvalue weighted by molar-refractivity contribution is -0.148. The minimum absolute atomic E-state index is 0.00266. The first kappa shape index (κ1) is 22.2. The average Bonchev–Trinajstić information content (AvgIpc) is 3.17. The highest BCUT2D eigenvalue weighted by molar-refractivity contribution is 5.94. The number of nitrogens with one attached hydrogen (secondary N) is 2. The average molecular weight is 454 g/mol. The van der Waals surface area contributed by atoms with Crippen molar-refractivity contribution in [3.63, 3.8) is 0 Å². The SMILES string of the molecule is CC1CC(Cc2ccc(F)c(C(=O)N3Cc4nnc(C(F)(F)F)n4C(C)C3)c2)NNC1=O. The van der Waals surface area contributed by atoms with E-state index in [2.05, 4.69) is 21.0 Å². The molecule has 1 aromatic carbocycles. The molecule has 172 valence electrons. The third kappa shape index (κ3) is 4.18. The molecule has 8 nitrogen and oxygen atoms in total. The Balaban J connectivity index is 1.53. The molecular weight excluding hydrogens is 432 g/mol. The highest BCUT2D eigenvalue weighted by Crippen LogP contribution is 2.33. The van der Waals surface area contributed by atoms with Gasteiger partial charge in [0, 0.05) is 18.5 Å². The van der Waals surface area contributed by atoms with Gasteiger partial charge in [-0.05, 0) is 37.5 Å². The molecule has 4 rings (SSSR count). The third-order valence-electron chi connectivity index (χ3n) is 5.79. The van der Waals surface area contributed by atoms with Crippen molar-refractivity contribution in [2.45, 2.75) is 51.5 Å². The van der Waals surface area contributed by atoms with Gasteiger partial charge in [-0.15, -0.1) is 10.2 Å². The van der Waals surface area contributed by atoms with Gasteiger partial charge in [0.15, 0.2) is 5.82 Å². The largest absolute Gasteiger partial charge is 0.451 e. The molecule has 1 fully saturated rings. The van der Waals surface area contributed by atoms with Crippen LogP contribution in [-0.4, -0.2) is 44.1 Å². The van der Waals surface area contributed by atoms with Gasteiger partial charge in [0.1, 0.15) is 5.82 Å². The Morgan fingerprint density at radius 1 is 1.25 bits per heavy atom. The lowest BCUT2D eigenvalue weighted by atomic mass is 9.93. The fraction of sp³-hybridized carbons (Fsp3) is 0.500. The molecule has 3 heterocycles. The number of rotatable bonds is 3. The fourth-order valence-electron chi connectivity index (χ4n) is 4.22. The standard InChI is InChI=1S/C20H22F4N6O2/c1-10-5-13(25-27-17(10)31)6-12-3-4-15(21)14(7-12)18(32)29-8-11(2)30-16(9-29)26-28-19(30)20(22,23)24/h3-4,7,10-11,13,25H,5-6,8-9H2,1-2H3,(H,27,31). The van der Waals surface area contributed by atoms with Gasteiger partial charge >= 0.3 is 6.18 Å². The first-order valence-corrected chi connectivity index (χ1v) is 10.2. The van der Waals surface area contributed by atoms with E-state index in [0.717, 1.165) is 4.57 Å². The Labute approximate surface area is 180 Å². The number of benzene rings is 1. The number of nitrogens with zero attached hydrogens (tertiary/aromatic N) is 4. The van der Waals surface area contributed by atoms with Crippen molar-refractivity contribution < 1.29 is 27.2 Å². The maximum Gasteiger partial charge on any atom is 0.451 e. The zero-order valence-electron chi connectivity index (χ0n) is 17.4. The van der Waals surface area contributed by atoms with Crippen molar-refractivity contribution in [2.75, 3.05) is 6.54 Å². The number of carbonyl (C=O) groups is 2. The summed E-state index contributed by atoms with van der Waals surface area (Å²) in [6, 6.07) is 3.42. The second-order valence-electron chi connectivity index (χ2n) is 8.33. The summed E-state index contributed by atoms with van der Waals surface area (Å²) in [5.74, 6) is -2.72. The second-order valence-corrected chi connectivity index (χ2v) is 8.33. The van der Waals surface area contributed by atoms with Crippen LogP contribution in [0.5, 0.6) is 0 Å². The van der Waals surface area contributed by atoms with E-state index in [-0.39, 0.29) is 42.3 Å². The Kier molecular flexibility index (Phi) is 5.65. The molecule has 12 heteroatoms. The van der Waals surface area contributed by atoms with Crippen molar-refractivity contribution in [1.82, 2.24) is 30.5 Å². The van der Waals surface area contributed by atoms with Gasteiger partial charge in [-0.2, -0.15) is 13.2 Å². The maximum absolute atomic E-state index is 14.5. The van der Waals surface area contributed by atoms with Gasteiger partial charge in [-0.25, -0.2) is 9.82 Å². The zero-order chi connectivity index (χ0) is 23.2. The summed E-state index contributed by atoms with van der Waals surface area (Å²) >= 11 is 0. The molecule has 0 bridgehead atoms. The van der Waals surface area contributed by atoms with Crippen LogP contribution in [0.3, 0.4) is 0 Å². The monoisotopic (exact) mass is 454 g/mol. The number of hydrazine groups is 1. The van der Waals surface area contributed by atoms with Crippen LogP contribution in [-0.2, 0) is 23.9 Å². The van der Waals surface area contributed by atoms with Gasteiger partial charge in [0.05, 0.1) is 18.2 Å². The molecular formula is C20H22F4N6O2. The molecule has 2 aromatic rings. The van der Waals surface area contributed by atoms with Crippen LogP contribution in [0.1, 0.15) is 53.9 Å². The molecule has 0 spiro atoms. The Hall–Kier alpha value is -3.02. The number of hydrogen-bond acceptors (Lipinski definition) is 5. The van der Waals surface area contributed by atoms with Crippen LogP contribution >= 0.6 is 0 Å². The highest BCUT2D eigenvalue weighted by Gasteiger charge is 2.42. The zero-order valence-corrected chi connectivity index (χ0v) is 17.4. The Morgan fingerprint density at radius 3 is 2.69 bits per heavy atom. The van der Waals surface area contributed by atoms with Crippen molar-refractivity contribution in [2.24, 2.45) is 5.92 Å². The number of halogens is 4. The Morgan fingerprint density at radius 2 is 2.00 bits per heavy atom. The van der Waals surface area contributed by atoms with E-state index < -0.39 is 29.8 Å². The second kappa shape index (κ2) is 8.15. The van der Waals surface area contributed by atoms with Crippen LogP contribution in [0.4, 0.5) is 17.6 Å². The summed E-state index contributed by atoms with van der Waals surface area (Å²) in [4.78, 5) is 25.9. The normalized spacial score (nSPS) is 23.6. The van der Waals surface area contributed by atoms with Gasteiger partial charge < -0.3 is 9.47 Å². The van der Waals surface area contributed by atoms with Gasteiger partial charge in [-0.3, -0.25) is 15.0 Å². The quantitative estimate of drug-likeness (QED) is 0.694. The minimum atomic E-state index is -4.66. The first-order valence-electron chi connectivity index (χ1n) is 10.2. The molecule has 3 unspecified atom stereocenters. The highest BCUT2D eigenvalue weighted by atomic mass is 19.4. The van der Waals surface area contributed by atoms with Gasteiger partial charge in [-0.1, -0.05) is 13.0 Å². The summed E-state index contributed by atoms with van der Waals surface area (Å²) < 4.78 is 55.0. The van der Waals surface area contributed by atoms with E-state index in [1.54, 1.807) is 6.07 Å². The third-order valence-corrected chi connectivity index (χ3v) is 5.79. The van der Waals surface area contributed by atoms with Crippen molar-refractivity contribution >= 4 is 11.8 Å². The molecule has 2 amide bonds. The summed E-state index contributed by atoms with van der Waals surface area (Å²) in [6.07, 6.45) is -3.60. The van der Waals surface area contributed by atoms with Crippen LogP contribution in [0.2, 0.25) is 0 Å². The molecule has 3 atom stereocenters. The summed E-state index contributed by atoms with van der Waals surface area (Å²) in [5, 5.41) is 6.83. The molecule has 2 aliphatic rings. The number of fused-ring (bicyclic) bond motifs is 1. The lowest BCUT2D eigenvalue weighted by Crippen LogP contribution is -2.53. The van der Waals surface area contributed by atoms with E-state index in [1.165, 1.54) is 24.0 Å². The predicted molar refractivity (Wildman–Crippen MR) is 103 cm³/mol. The number of hydrogen-bond donors (Lipinski definition) is 2. The van der Waals surface area contributed by atoms with Crippen LogP contribution in [0, 0.1) is 11.7 Å². The molecule has 0 aliphatic carbocycles. The smallest absolute Gasteiger partial charge is 0.329 e. The number of amides is 2. The molecule has 2 aliphatic heterocycles. The molecule has 0 saturated carbocycles. The fourth-order valence-corrected chi connectivity index (χ4v) is 4.22. The minimum Gasteiger partial charge on any atom is -0.329 e. The molecule has 0 radical (unpaired) electrons. The molecule has 1 saturated heterocycles. The first-order chi connectivity index (χ1) is 15.0. The number of carbonyl (C=O) groups excluding carboxylic acids is 2. The van der Waals surface area contributed by atoms with Crippen LogP contribution < -0.4 is 10.9 Å². The number of alkyl halides is 3. The maximum atomic E-state index is 14.5. The summed E-state index contributed by atoms with van der Waals surface area (Å²) in [6.45, 7) is 3.09. The lowest BCUT2D eigenvalue weighted by Gasteiger charge is -2.33. The number of aromatic nitrogens is 3. The van der Waals surface area contributed by atoms with Crippen molar-refractivity contribution in [1.29, 1.82) is 0 Å². The van der Waals surface area contributed by atoms with Crippen LogP contribution in [0.15, 0.2) is 18.2 Å². The molecule has 32 heavy (non-hydrogen) atoms. The van der Waals surface area contributed by atoms with Gasteiger partial charge in [0.2, 0.25) is 11.7 Å². The van der Waals surface area contributed by atoms with Crippen molar-refractivity contribution in [3.8, 4) is 0 Å². The summed E-state index contributed by atoms with van der Waals surface area (Å²) in [7, 11) is 0. The summed E-state index contributed by atoms with van der Waals surface area (Å²) in [5.41, 5.74) is 6.04. The Bertz CT molecular complexity index is 1050. The van der Waals surface area contributed by atoms with E-state index in [1.807, 2.05) is 6.92 Å². The molecule has 1 aromatic heterocycles. The van der Waals surface area contributed by atoms with E-state index in [0.29, 0.717) is 18.4 Å². The van der Waals surface area contributed by atoms with E-state index >= 15 is 0 Å². The topological polar surface area (TPSA) is 92.2 Å². The van der Waals surface area contributed by atoms with E-state index in [4.69, 9.17) is 0 Å². The van der Waals surface area contributed by atoms with Gasteiger partial charge in [0.25, 0.3) is 5.91 Å². The van der Waals surface area contributed by atoms with E-state index in [9.17, 15) is 27.2 Å². The van der Waals surface area contributed by atoms with Crippen LogP contribution in [0.25, 0.3) is 0 Å².